The molecule has 0 amide bonds. The van der Waals surface area contributed by atoms with Gasteiger partial charge in [0.1, 0.15) is 0 Å². The molecule has 0 aliphatic rings. The van der Waals surface area contributed by atoms with Crippen molar-refractivity contribution < 1.29 is 0 Å². The van der Waals surface area contributed by atoms with E-state index in [1.165, 1.54) is 0 Å². The van der Waals surface area contributed by atoms with Crippen molar-refractivity contribution in [3.05, 3.63) is 34.9 Å². The lowest BCUT2D eigenvalue weighted by molar-refractivity contribution is 1.23. The van der Waals surface area contributed by atoms with Crippen LogP contribution >= 0.6 is 0 Å². The second-order valence-corrected chi connectivity index (χ2v) is 2.95. The van der Waals surface area contributed by atoms with Crippen molar-refractivity contribution in [1.82, 2.24) is 0 Å². The molecule has 3 heteroatoms. The van der Waals surface area contributed by atoms with E-state index in [-0.39, 0.29) is 0 Å². The van der Waals surface area contributed by atoms with Gasteiger partial charge >= 0.3 is 0 Å². The number of nitrogens with two attached hydrogens (primary N) is 1. The van der Waals surface area contributed by atoms with Crippen LogP contribution in [0.25, 0.3) is 0 Å². The molecule has 0 unspecified atom stereocenters. The Hall–Kier alpha value is -1.64. The van der Waals surface area contributed by atoms with E-state index in [0.717, 1.165) is 16.7 Å². The van der Waals surface area contributed by atoms with Gasteiger partial charge in [-0.05, 0) is 25.5 Å². The summed E-state index contributed by atoms with van der Waals surface area (Å²) in [5.41, 5.74) is 8.86. The summed E-state index contributed by atoms with van der Waals surface area (Å²) in [6.07, 6.45) is 0. The van der Waals surface area contributed by atoms with Crippen LogP contribution in [0, 0.1) is 13.8 Å². The van der Waals surface area contributed by atoms with Crippen LogP contribution in [0.1, 0.15) is 16.7 Å². The minimum absolute atomic E-state index is 0.413. The molecule has 0 saturated carbocycles. The molecule has 0 radical (unpaired) electrons. The first kappa shape index (κ1) is 9.45. The monoisotopic (exact) mass is 175 g/mol. The third-order valence-electron chi connectivity index (χ3n) is 1.85. The highest BCUT2D eigenvalue weighted by atomic mass is 15.2. The molecule has 0 aliphatic carbocycles. The molecular formula is C10H13N3. The summed E-state index contributed by atoms with van der Waals surface area (Å²) in [4.78, 5) is 0. The van der Waals surface area contributed by atoms with Crippen LogP contribution in [0.5, 0.6) is 0 Å². The summed E-state index contributed by atoms with van der Waals surface area (Å²) in [7, 11) is 0. The van der Waals surface area contributed by atoms with Gasteiger partial charge in [0.15, 0.2) is 5.84 Å². The Kier molecular flexibility index (Phi) is 2.80. The molecule has 1 rings (SSSR count). The molecule has 0 fully saturated rings. The second kappa shape index (κ2) is 3.85. The standard InChI is InChI=1S/C10H13N3/c1-7-4-5-8(2)9(6-7)10(11)13-12-3/h4-6H,3H2,1-2H3,(H2,11,13). The van der Waals surface area contributed by atoms with E-state index >= 15 is 0 Å². The summed E-state index contributed by atoms with van der Waals surface area (Å²) in [6, 6.07) is 6.03. The number of hydrogen-bond donors (Lipinski definition) is 1. The van der Waals surface area contributed by atoms with E-state index < -0.39 is 0 Å². The molecule has 0 bridgehead atoms. The fourth-order valence-electron chi connectivity index (χ4n) is 1.14. The Bertz CT molecular complexity index is 353. The molecule has 0 atom stereocenters. The predicted molar refractivity (Wildman–Crippen MR) is 56.2 cm³/mol. The largest absolute Gasteiger partial charge is 0.382 e. The first-order chi connectivity index (χ1) is 6.15. The molecule has 0 aliphatic heterocycles. The summed E-state index contributed by atoms with van der Waals surface area (Å²) in [5, 5.41) is 7.10. The highest BCUT2D eigenvalue weighted by molar-refractivity contribution is 5.98. The summed E-state index contributed by atoms with van der Waals surface area (Å²) in [5.74, 6) is 0.413. The van der Waals surface area contributed by atoms with Crippen LogP contribution in [-0.2, 0) is 0 Å². The van der Waals surface area contributed by atoms with Crippen molar-refractivity contribution >= 4 is 12.6 Å². The Morgan fingerprint density at radius 3 is 2.69 bits per heavy atom. The molecular weight excluding hydrogens is 162 g/mol. The van der Waals surface area contributed by atoms with Crippen LogP contribution in [-0.4, -0.2) is 12.6 Å². The Labute approximate surface area is 78.0 Å². The Morgan fingerprint density at radius 1 is 1.38 bits per heavy atom. The van der Waals surface area contributed by atoms with Crippen molar-refractivity contribution in [3.63, 3.8) is 0 Å². The van der Waals surface area contributed by atoms with Crippen molar-refractivity contribution in [2.24, 2.45) is 15.9 Å². The van der Waals surface area contributed by atoms with Gasteiger partial charge in [0.2, 0.25) is 0 Å². The fraction of sp³-hybridized carbons (Fsp3) is 0.200. The van der Waals surface area contributed by atoms with Crippen LogP contribution < -0.4 is 5.73 Å². The van der Waals surface area contributed by atoms with Crippen LogP contribution in [0.15, 0.2) is 28.4 Å². The quantitative estimate of drug-likeness (QED) is 0.414. The normalized spacial score (nSPS) is 11.4. The average molecular weight is 175 g/mol. The molecule has 1 aromatic carbocycles. The number of hydrogen-bond acceptors (Lipinski definition) is 2. The third-order valence-corrected chi connectivity index (χ3v) is 1.85. The van der Waals surface area contributed by atoms with E-state index in [0.29, 0.717) is 5.84 Å². The highest BCUT2D eigenvalue weighted by Gasteiger charge is 2.02. The molecule has 2 N–H and O–H groups in total. The average Bonchev–Trinajstić information content (AvgIpc) is 2.09. The third kappa shape index (κ3) is 2.15. The second-order valence-electron chi connectivity index (χ2n) is 2.95. The summed E-state index contributed by atoms with van der Waals surface area (Å²) < 4.78 is 0. The molecule has 0 spiro atoms. The van der Waals surface area contributed by atoms with Gasteiger partial charge in [-0.15, -0.1) is 5.10 Å². The van der Waals surface area contributed by atoms with E-state index in [1.54, 1.807) is 0 Å². The topological polar surface area (TPSA) is 50.7 Å². The zero-order valence-corrected chi connectivity index (χ0v) is 7.91. The maximum atomic E-state index is 5.69. The van der Waals surface area contributed by atoms with Crippen molar-refractivity contribution in [3.8, 4) is 0 Å². The first-order valence-electron chi connectivity index (χ1n) is 4.02. The zero-order valence-electron chi connectivity index (χ0n) is 7.91. The number of rotatable bonds is 2. The number of aryl methyl sites for hydroxylation is 2. The molecule has 3 nitrogen and oxygen atoms in total. The minimum Gasteiger partial charge on any atom is -0.382 e. The lowest BCUT2D eigenvalue weighted by Gasteiger charge is -2.04. The highest BCUT2D eigenvalue weighted by Crippen LogP contribution is 2.10. The van der Waals surface area contributed by atoms with Gasteiger partial charge < -0.3 is 5.73 Å². The molecule has 0 saturated heterocycles. The smallest absolute Gasteiger partial charge is 0.153 e. The van der Waals surface area contributed by atoms with Gasteiger partial charge in [-0.2, -0.15) is 5.10 Å². The number of benzene rings is 1. The molecule has 68 valence electrons. The van der Waals surface area contributed by atoms with Crippen LogP contribution in [0.2, 0.25) is 0 Å². The van der Waals surface area contributed by atoms with Crippen LogP contribution in [0.4, 0.5) is 0 Å². The van der Waals surface area contributed by atoms with Crippen molar-refractivity contribution in [2.45, 2.75) is 13.8 Å². The number of amidine groups is 1. The summed E-state index contributed by atoms with van der Waals surface area (Å²) >= 11 is 0. The lowest BCUT2D eigenvalue weighted by Crippen LogP contribution is -2.14. The maximum Gasteiger partial charge on any atom is 0.153 e. The molecule has 0 heterocycles. The van der Waals surface area contributed by atoms with Gasteiger partial charge in [0, 0.05) is 12.3 Å². The lowest BCUT2D eigenvalue weighted by atomic mass is 10.1. The first-order valence-corrected chi connectivity index (χ1v) is 4.02. The van der Waals surface area contributed by atoms with Gasteiger partial charge in [-0.3, -0.25) is 0 Å². The Morgan fingerprint density at radius 2 is 2.08 bits per heavy atom. The van der Waals surface area contributed by atoms with Gasteiger partial charge in [-0.1, -0.05) is 17.7 Å². The van der Waals surface area contributed by atoms with Crippen molar-refractivity contribution in [1.29, 1.82) is 0 Å². The fourth-order valence-corrected chi connectivity index (χ4v) is 1.14. The Balaban J connectivity index is 3.20. The van der Waals surface area contributed by atoms with Crippen molar-refractivity contribution in [2.75, 3.05) is 0 Å². The zero-order chi connectivity index (χ0) is 9.84. The van der Waals surface area contributed by atoms with E-state index in [9.17, 15) is 0 Å². The van der Waals surface area contributed by atoms with Gasteiger partial charge in [0.05, 0.1) is 0 Å². The maximum absolute atomic E-state index is 5.69. The number of nitrogens with zero attached hydrogens (tertiary/aromatic N) is 2. The van der Waals surface area contributed by atoms with Crippen LogP contribution in [0.3, 0.4) is 0 Å². The van der Waals surface area contributed by atoms with Gasteiger partial charge in [0.25, 0.3) is 0 Å². The van der Waals surface area contributed by atoms with E-state index in [4.69, 9.17) is 5.73 Å². The van der Waals surface area contributed by atoms with Gasteiger partial charge in [-0.25, -0.2) is 0 Å². The van der Waals surface area contributed by atoms with E-state index in [2.05, 4.69) is 16.9 Å². The molecule has 0 aromatic heterocycles. The SMILES string of the molecule is C=N/N=C(/N)c1cc(C)ccc1C. The molecule has 13 heavy (non-hydrogen) atoms. The minimum atomic E-state index is 0.413. The van der Waals surface area contributed by atoms with E-state index in [1.807, 2.05) is 32.0 Å². The predicted octanol–water partition coefficient (Wildman–Crippen LogP) is 1.62. The molecule has 1 aromatic rings. The summed E-state index contributed by atoms with van der Waals surface area (Å²) in [6.45, 7) is 7.26.